The fourth-order valence-corrected chi connectivity index (χ4v) is 2.61. The predicted octanol–water partition coefficient (Wildman–Crippen LogP) is 0.0483. The lowest BCUT2D eigenvalue weighted by Gasteiger charge is -2.22. The van der Waals surface area contributed by atoms with Gasteiger partial charge in [-0.3, -0.25) is 34.6 Å². The molecule has 164 valence electrons. The van der Waals surface area contributed by atoms with Gasteiger partial charge >= 0.3 is 28.7 Å². The van der Waals surface area contributed by atoms with Gasteiger partial charge in [0.25, 0.3) is 0 Å². The Hall–Kier alpha value is -3.49. The monoisotopic (exact) mass is 446 g/mol. The van der Waals surface area contributed by atoms with Crippen molar-refractivity contribution in [1.29, 1.82) is 0 Å². The highest BCUT2D eigenvalue weighted by Gasteiger charge is 2.31. The van der Waals surface area contributed by atoms with Crippen molar-refractivity contribution in [2.75, 3.05) is 12.4 Å². The van der Waals surface area contributed by atoms with Crippen LogP contribution in [0.1, 0.15) is 25.8 Å². The van der Waals surface area contributed by atoms with Gasteiger partial charge in [-0.1, -0.05) is 0 Å². The number of ether oxygens (including phenoxy) is 1. The lowest BCUT2D eigenvalue weighted by Crippen LogP contribution is -2.46. The number of aliphatic carboxylic acids is 1. The summed E-state index contributed by atoms with van der Waals surface area (Å²) in [5.41, 5.74) is -3.82. The number of carboxylic acids is 1. The molecule has 1 aromatic heterocycles. The van der Waals surface area contributed by atoms with Crippen molar-refractivity contribution < 1.29 is 34.1 Å². The van der Waals surface area contributed by atoms with Crippen LogP contribution in [-0.4, -0.2) is 55.8 Å². The number of nitrogens with zero attached hydrogens (tertiary/aromatic N) is 3. The number of thiol groups is 1. The van der Waals surface area contributed by atoms with Crippen LogP contribution in [0.3, 0.4) is 0 Å². The number of hydrogen-bond acceptors (Lipinski definition) is 10. The lowest BCUT2D eigenvalue weighted by atomic mass is 10.1. The van der Waals surface area contributed by atoms with Crippen LogP contribution in [0.15, 0.2) is 17.2 Å². The standard InChI is InChI=1S/C15H18N4O10S/c1-2-29-15(24)8(7-30)16-14(23)9(3-4-12(20)21)17-5-10(18(25)26)13(22)11(6-17)19(27)28/h5-6,8-9,30H,2-4,7H2,1H3,(H,16,23)(H,20,21)/t8-,9-/m1/s1. The zero-order valence-electron chi connectivity index (χ0n) is 15.5. The molecule has 1 rings (SSSR count). The van der Waals surface area contributed by atoms with Gasteiger partial charge in [-0.05, 0) is 13.3 Å². The molecule has 2 N–H and O–H groups in total. The molecule has 0 unspecified atom stereocenters. The van der Waals surface area contributed by atoms with E-state index in [-0.39, 0.29) is 12.4 Å². The fourth-order valence-electron chi connectivity index (χ4n) is 2.37. The van der Waals surface area contributed by atoms with E-state index in [0.29, 0.717) is 17.0 Å². The maximum atomic E-state index is 12.7. The Morgan fingerprint density at radius 2 is 1.77 bits per heavy atom. The molecule has 0 fully saturated rings. The normalized spacial score (nSPS) is 12.5. The first-order valence-electron chi connectivity index (χ1n) is 8.37. The molecule has 0 aliphatic carbocycles. The second kappa shape index (κ2) is 10.9. The smallest absolute Gasteiger partial charge is 0.339 e. The van der Waals surface area contributed by atoms with Crippen LogP contribution in [0.5, 0.6) is 0 Å². The summed E-state index contributed by atoms with van der Waals surface area (Å²) >= 11 is 3.93. The Balaban J connectivity index is 3.43. The van der Waals surface area contributed by atoms with Crippen LogP contribution in [0.4, 0.5) is 11.4 Å². The van der Waals surface area contributed by atoms with Gasteiger partial charge in [0.05, 0.1) is 28.8 Å². The van der Waals surface area contributed by atoms with E-state index in [1.807, 2.05) is 0 Å². The maximum absolute atomic E-state index is 12.7. The third-order valence-electron chi connectivity index (χ3n) is 3.77. The molecule has 2 atom stereocenters. The summed E-state index contributed by atoms with van der Waals surface area (Å²) in [4.78, 5) is 67.3. The molecular formula is C15H18N4O10S. The Bertz CT molecular complexity index is 877. The number of amides is 1. The molecule has 0 radical (unpaired) electrons. The van der Waals surface area contributed by atoms with Gasteiger partial charge in [-0.25, -0.2) is 4.79 Å². The molecule has 1 amide bonds. The van der Waals surface area contributed by atoms with Crippen LogP contribution in [0, 0.1) is 20.2 Å². The Labute approximate surface area is 173 Å². The van der Waals surface area contributed by atoms with Crippen LogP contribution >= 0.6 is 12.6 Å². The minimum absolute atomic E-state index is 0.0134. The van der Waals surface area contributed by atoms with Crippen molar-refractivity contribution >= 4 is 41.8 Å². The number of aromatic nitrogens is 1. The highest BCUT2D eigenvalue weighted by molar-refractivity contribution is 7.80. The second-order valence-electron chi connectivity index (χ2n) is 5.76. The van der Waals surface area contributed by atoms with Crippen molar-refractivity contribution in [3.8, 4) is 0 Å². The summed E-state index contributed by atoms with van der Waals surface area (Å²) in [7, 11) is 0. The number of rotatable bonds is 11. The van der Waals surface area contributed by atoms with Crippen molar-refractivity contribution in [3.05, 3.63) is 42.8 Å². The first kappa shape index (κ1) is 24.5. The molecule has 0 saturated heterocycles. The summed E-state index contributed by atoms with van der Waals surface area (Å²) in [6.45, 7) is 1.54. The summed E-state index contributed by atoms with van der Waals surface area (Å²) in [5.74, 6) is -3.29. The Kier molecular flexibility index (Phi) is 8.91. The molecule has 0 aliphatic heterocycles. The van der Waals surface area contributed by atoms with Crippen LogP contribution in [0.2, 0.25) is 0 Å². The first-order chi connectivity index (χ1) is 14.0. The van der Waals surface area contributed by atoms with E-state index >= 15 is 0 Å². The Morgan fingerprint density at radius 3 is 2.17 bits per heavy atom. The third kappa shape index (κ3) is 6.26. The average Bonchev–Trinajstić information content (AvgIpc) is 2.66. The van der Waals surface area contributed by atoms with Gasteiger partial charge in [0, 0.05) is 12.2 Å². The van der Waals surface area contributed by atoms with E-state index in [9.17, 15) is 39.4 Å². The van der Waals surface area contributed by atoms with Crippen LogP contribution in [0.25, 0.3) is 0 Å². The topological polar surface area (TPSA) is 201 Å². The van der Waals surface area contributed by atoms with Gasteiger partial charge < -0.3 is 19.7 Å². The van der Waals surface area contributed by atoms with Crippen LogP contribution in [-0.2, 0) is 19.1 Å². The molecule has 0 bridgehead atoms. The quantitative estimate of drug-likeness (QED) is 0.180. The number of pyridine rings is 1. The summed E-state index contributed by atoms with van der Waals surface area (Å²) in [6, 6.07) is -2.74. The number of carboxylic acid groups (broad SMARTS) is 1. The minimum atomic E-state index is -1.52. The summed E-state index contributed by atoms with van der Waals surface area (Å²) in [5, 5.41) is 33.4. The molecule has 1 heterocycles. The zero-order chi connectivity index (χ0) is 23.0. The molecule has 1 aromatic rings. The number of nitro groups is 2. The van der Waals surface area contributed by atoms with Crippen molar-refractivity contribution in [3.63, 3.8) is 0 Å². The molecule has 14 nitrogen and oxygen atoms in total. The van der Waals surface area contributed by atoms with Crippen molar-refractivity contribution in [1.82, 2.24) is 9.88 Å². The molecule has 0 aromatic carbocycles. The first-order valence-corrected chi connectivity index (χ1v) is 9.00. The minimum Gasteiger partial charge on any atom is -0.481 e. The van der Waals surface area contributed by atoms with E-state index in [1.54, 1.807) is 0 Å². The van der Waals surface area contributed by atoms with Crippen molar-refractivity contribution in [2.24, 2.45) is 0 Å². The van der Waals surface area contributed by atoms with Gasteiger partial charge in [0.1, 0.15) is 12.1 Å². The van der Waals surface area contributed by atoms with Crippen molar-refractivity contribution in [2.45, 2.75) is 31.8 Å². The van der Waals surface area contributed by atoms with E-state index in [2.05, 4.69) is 17.9 Å². The molecule has 0 spiro atoms. The molecule has 15 heteroatoms. The molecule has 0 saturated carbocycles. The van der Waals surface area contributed by atoms with Gasteiger partial charge in [-0.15, -0.1) is 0 Å². The number of nitrogens with one attached hydrogen (secondary N) is 1. The number of carbonyl (C=O) groups excluding carboxylic acids is 2. The van der Waals surface area contributed by atoms with Crippen LogP contribution < -0.4 is 10.7 Å². The number of carbonyl (C=O) groups is 3. The highest BCUT2D eigenvalue weighted by atomic mass is 32.1. The van der Waals surface area contributed by atoms with Gasteiger partial charge in [0.15, 0.2) is 0 Å². The summed E-state index contributed by atoms with van der Waals surface area (Å²) in [6.07, 6.45) is 0.167. The highest BCUT2D eigenvalue weighted by Crippen LogP contribution is 2.20. The molecule has 30 heavy (non-hydrogen) atoms. The number of hydrogen-bond donors (Lipinski definition) is 3. The fraction of sp³-hybridized carbons (Fsp3) is 0.467. The van der Waals surface area contributed by atoms with Gasteiger partial charge in [0.2, 0.25) is 5.91 Å². The largest absolute Gasteiger partial charge is 0.481 e. The SMILES string of the molecule is CCOC(=O)[C@@H](CS)NC(=O)[C@@H](CCC(=O)O)n1cc([N+](=O)[O-])c(=O)c([N+](=O)[O-])c1. The molecular weight excluding hydrogens is 428 g/mol. The lowest BCUT2D eigenvalue weighted by molar-refractivity contribution is -0.397. The third-order valence-corrected chi connectivity index (χ3v) is 4.13. The van der Waals surface area contributed by atoms with E-state index < -0.39 is 69.4 Å². The van der Waals surface area contributed by atoms with Gasteiger partial charge in [-0.2, -0.15) is 12.6 Å². The van der Waals surface area contributed by atoms with E-state index in [0.717, 1.165) is 0 Å². The van der Waals surface area contributed by atoms with E-state index in [1.165, 1.54) is 6.92 Å². The summed E-state index contributed by atoms with van der Waals surface area (Å²) < 4.78 is 5.48. The second-order valence-corrected chi connectivity index (χ2v) is 6.13. The van der Waals surface area contributed by atoms with E-state index in [4.69, 9.17) is 9.84 Å². The predicted molar refractivity (Wildman–Crippen MR) is 102 cm³/mol. The number of esters is 1. The average molecular weight is 446 g/mol. The zero-order valence-corrected chi connectivity index (χ0v) is 16.4. The Morgan fingerprint density at radius 1 is 1.23 bits per heavy atom. The maximum Gasteiger partial charge on any atom is 0.339 e. The molecule has 0 aliphatic rings.